The van der Waals surface area contributed by atoms with E-state index in [2.05, 4.69) is 15.7 Å². The van der Waals surface area contributed by atoms with Gasteiger partial charge in [-0.3, -0.25) is 4.68 Å². The van der Waals surface area contributed by atoms with Gasteiger partial charge in [0, 0.05) is 38.6 Å². The number of carbonyl (C=O) groups excluding carboxylic acids is 1. The maximum atomic E-state index is 13.9. The van der Waals surface area contributed by atoms with Crippen LogP contribution in [0.1, 0.15) is 24.2 Å². The molecule has 1 heterocycles. The van der Waals surface area contributed by atoms with Gasteiger partial charge < -0.3 is 15.5 Å². The minimum atomic E-state index is -0.744. The molecule has 6 nitrogen and oxygen atoms in total. The number of carbonyl (C=O) groups is 1. The predicted molar refractivity (Wildman–Crippen MR) is 89.2 cm³/mol. The molecule has 0 spiro atoms. The molecule has 0 unspecified atom stereocenters. The van der Waals surface area contributed by atoms with E-state index < -0.39 is 17.7 Å². The number of nitrogens with zero attached hydrogens (tertiary/aromatic N) is 3. The second-order valence-electron chi connectivity index (χ2n) is 5.85. The van der Waals surface area contributed by atoms with Crippen molar-refractivity contribution in [3.8, 4) is 0 Å². The zero-order chi connectivity index (χ0) is 18.0. The van der Waals surface area contributed by atoms with Crippen molar-refractivity contribution in [2.45, 2.75) is 19.9 Å². The first-order valence-electron chi connectivity index (χ1n) is 7.43. The smallest absolute Gasteiger partial charge is 0.319 e. The number of benzene rings is 1. The highest BCUT2D eigenvalue weighted by atomic mass is 19.1. The molecular formula is C16H21F2N5O. The summed E-state index contributed by atoms with van der Waals surface area (Å²) in [7, 11) is 4.87. The Bertz CT molecular complexity index is 734. The van der Waals surface area contributed by atoms with Crippen molar-refractivity contribution in [1.82, 2.24) is 15.1 Å². The first-order chi connectivity index (χ1) is 11.2. The average Bonchev–Trinajstić information content (AvgIpc) is 2.76. The second-order valence-corrected chi connectivity index (χ2v) is 5.85. The van der Waals surface area contributed by atoms with E-state index >= 15 is 0 Å². The Kier molecular flexibility index (Phi) is 5.06. The third kappa shape index (κ3) is 3.81. The summed E-state index contributed by atoms with van der Waals surface area (Å²) in [4.78, 5) is 13.4. The van der Waals surface area contributed by atoms with Crippen LogP contribution in [0.25, 0.3) is 0 Å². The highest BCUT2D eigenvalue weighted by Crippen LogP contribution is 2.25. The molecule has 0 aliphatic rings. The Hall–Kier alpha value is -2.64. The maximum absolute atomic E-state index is 13.9. The van der Waals surface area contributed by atoms with Crippen LogP contribution in [0, 0.1) is 18.6 Å². The fourth-order valence-electron chi connectivity index (χ4n) is 2.55. The van der Waals surface area contributed by atoms with Crippen molar-refractivity contribution in [2.24, 2.45) is 7.05 Å². The standard InChI is InChI=1S/C16H21F2N5O/c1-9(12-8-23(5)21-10(12)2)19-16(24)20-11-6-13(17)15(22(3)4)14(18)7-11/h6-9H,1-5H3,(H2,19,20,24)/t9-/m1/s1. The van der Waals surface area contributed by atoms with E-state index in [4.69, 9.17) is 0 Å². The first kappa shape index (κ1) is 17.7. The van der Waals surface area contributed by atoms with E-state index in [0.29, 0.717) is 0 Å². The van der Waals surface area contributed by atoms with Crippen molar-refractivity contribution in [3.05, 3.63) is 41.2 Å². The van der Waals surface area contributed by atoms with Crippen LogP contribution in [-0.2, 0) is 7.05 Å². The normalized spacial score (nSPS) is 12.0. The molecule has 2 amide bonds. The van der Waals surface area contributed by atoms with E-state index in [1.165, 1.54) is 4.90 Å². The highest BCUT2D eigenvalue weighted by Gasteiger charge is 2.17. The van der Waals surface area contributed by atoms with Crippen molar-refractivity contribution < 1.29 is 13.6 Å². The summed E-state index contributed by atoms with van der Waals surface area (Å²) in [6.07, 6.45) is 1.81. The molecule has 2 rings (SSSR count). The molecule has 0 fully saturated rings. The number of halogens is 2. The number of amides is 2. The summed E-state index contributed by atoms with van der Waals surface area (Å²) < 4.78 is 29.5. The lowest BCUT2D eigenvalue weighted by molar-refractivity contribution is 0.249. The minimum Gasteiger partial charge on any atom is -0.373 e. The van der Waals surface area contributed by atoms with Crippen LogP contribution in [-0.4, -0.2) is 29.9 Å². The molecule has 0 saturated carbocycles. The van der Waals surface area contributed by atoms with E-state index in [1.807, 2.05) is 13.1 Å². The van der Waals surface area contributed by atoms with Gasteiger partial charge in [0.25, 0.3) is 0 Å². The Labute approximate surface area is 139 Å². The molecule has 1 atom stereocenters. The summed E-state index contributed by atoms with van der Waals surface area (Å²) in [5.41, 5.74) is 1.56. The second kappa shape index (κ2) is 6.86. The third-order valence-corrected chi connectivity index (χ3v) is 3.59. The van der Waals surface area contributed by atoms with Gasteiger partial charge in [0.05, 0.1) is 11.7 Å². The molecule has 2 N–H and O–H groups in total. The SMILES string of the molecule is Cc1nn(C)cc1[C@@H](C)NC(=O)Nc1cc(F)c(N(C)C)c(F)c1. The zero-order valence-electron chi connectivity index (χ0n) is 14.3. The third-order valence-electron chi connectivity index (χ3n) is 3.59. The van der Waals surface area contributed by atoms with Gasteiger partial charge in [-0.15, -0.1) is 0 Å². The van der Waals surface area contributed by atoms with E-state index in [-0.39, 0.29) is 17.4 Å². The van der Waals surface area contributed by atoms with Crippen LogP contribution in [0.4, 0.5) is 25.0 Å². The summed E-state index contributed by atoms with van der Waals surface area (Å²) in [5.74, 6) is -1.49. The van der Waals surface area contributed by atoms with E-state index in [1.54, 1.807) is 32.7 Å². The molecule has 0 saturated heterocycles. The molecule has 0 radical (unpaired) electrons. The topological polar surface area (TPSA) is 62.2 Å². The molecule has 0 aliphatic carbocycles. The number of urea groups is 1. The van der Waals surface area contributed by atoms with Gasteiger partial charge in [-0.1, -0.05) is 0 Å². The number of anilines is 2. The molecule has 0 aliphatic heterocycles. The Morgan fingerprint density at radius 1 is 1.29 bits per heavy atom. The van der Waals surface area contributed by atoms with Gasteiger partial charge >= 0.3 is 6.03 Å². The molecule has 0 bridgehead atoms. The summed E-state index contributed by atoms with van der Waals surface area (Å²) in [6.45, 7) is 3.65. The van der Waals surface area contributed by atoms with Gasteiger partial charge in [-0.2, -0.15) is 5.10 Å². The number of hydrogen-bond donors (Lipinski definition) is 2. The Balaban J connectivity index is 2.09. The predicted octanol–water partition coefficient (Wildman–Crippen LogP) is 2.96. The van der Waals surface area contributed by atoms with Gasteiger partial charge in [0.1, 0.15) is 5.69 Å². The van der Waals surface area contributed by atoms with E-state index in [9.17, 15) is 13.6 Å². The zero-order valence-corrected chi connectivity index (χ0v) is 14.3. The molecule has 8 heteroatoms. The monoisotopic (exact) mass is 337 g/mol. The fourth-order valence-corrected chi connectivity index (χ4v) is 2.55. The van der Waals surface area contributed by atoms with E-state index in [0.717, 1.165) is 23.4 Å². The minimum absolute atomic E-state index is 0.0446. The fraction of sp³-hybridized carbons (Fsp3) is 0.375. The molecule has 2 aromatic rings. The van der Waals surface area contributed by atoms with Gasteiger partial charge in [-0.25, -0.2) is 13.6 Å². The first-order valence-corrected chi connectivity index (χ1v) is 7.43. The molecule has 1 aromatic carbocycles. The molecule has 1 aromatic heterocycles. The summed E-state index contributed by atoms with van der Waals surface area (Å²) >= 11 is 0. The lowest BCUT2D eigenvalue weighted by Crippen LogP contribution is -2.31. The quantitative estimate of drug-likeness (QED) is 0.902. The van der Waals surface area contributed by atoms with Gasteiger partial charge in [-0.05, 0) is 26.0 Å². The number of hydrogen-bond acceptors (Lipinski definition) is 3. The molecule has 130 valence electrons. The lowest BCUT2D eigenvalue weighted by atomic mass is 10.1. The lowest BCUT2D eigenvalue weighted by Gasteiger charge is -2.17. The number of rotatable bonds is 4. The van der Waals surface area contributed by atoms with Crippen LogP contribution in [0.3, 0.4) is 0 Å². The molecular weight excluding hydrogens is 316 g/mol. The van der Waals surface area contributed by atoms with Crippen molar-refractivity contribution in [2.75, 3.05) is 24.3 Å². The molecule has 24 heavy (non-hydrogen) atoms. The maximum Gasteiger partial charge on any atom is 0.319 e. The summed E-state index contributed by atoms with van der Waals surface area (Å²) in [5, 5.41) is 9.37. The van der Waals surface area contributed by atoms with Gasteiger partial charge in [0.2, 0.25) is 0 Å². The van der Waals surface area contributed by atoms with Crippen molar-refractivity contribution in [3.63, 3.8) is 0 Å². The number of aromatic nitrogens is 2. The average molecular weight is 337 g/mol. The highest BCUT2D eigenvalue weighted by molar-refractivity contribution is 5.89. The van der Waals surface area contributed by atoms with Crippen LogP contribution < -0.4 is 15.5 Å². The largest absolute Gasteiger partial charge is 0.373 e. The van der Waals surface area contributed by atoms with Crippen LogP contribution >= 0.6 is 0 Å². The Morgan fingerprint density at radius 2 is 1.88 bits per heavy atom. The Morgan fingerprint density at radius 3 is 2.33 bits per heavy atom. The van der Waals surface area contributed by atoms with Crippen LogP contribution in [0.5, 0.6) is 0 Å². The summed E-state index contributed by atoms with van der Waals surface area (Å²) in [6, 6.07) is 1.31. The number of aryl methyl sites for hydroxylation is 2. The van der Waals surface area contributed by atoms with Gasteiger partial charge in [0.15, 0.2) is 11.6 Å². The van der Waals surface area contributed by atoms with Crippen LogP contribution in [0.15, 0.2) is 18.3 Å². The van der Waals surface area contributed by atoms with Crippen molar-refractivity contribution >= 4 is 17.4 Å². The van der Waals surface area contributed by atoms with Crippen LogP contribution in [0.2, 0.25) is 0 Å². The number of nitrogens with one attached hydrogen (secondary N) is 2. The van der Waals surface area contributed by atoms with Crippen molar-refractivity contribution in [1.29, 1.82) is 0 Å².